The van der Waals surface area contributed by atoms with Gasteiger partial charge in [-0.15, -0.1) is 0 Å². The lowest BCUT2D eigenvalue weighted by molar-refractivity contribution is -0.0565. The molecule has 0 saturated carbocycles. The molecule has 0 aliphatic heterocycles. The van der Waals surface area contributed by atoms with Gasteiger partial charge < -0.3 is 9.84 Å². The SMILES string of the molecule is COC(C)(C)C(O)C=C(C)C. The molecule has 0 rings (SSSR count). The third kappa shape index (κ3) is 3.54. The topological polar surface area (TPSA) is 29.5 Å². The molecule has 1 unspecified atom stereocenters. The third-order valence-electron chi connectivity index (χ3n) is 1.73. The minimum atomic E-state index is -0.530. The van der Waals surface area contributed by atoms with Gasteiger partial charge in [0.15, 0.2) is 0 Å². The summed E-state index contributed by atoms with van der Waals surface area (Å²) in [7, 11) is 1.60. The van der Waals surface area contributed by atoms with Crippen LogP contribution in [0.2, 0.25) is 0 Å². The van der Waals surface area contributed by atoms with E-state index in [1.165, 1.54) is 0 Å². The molecule has 0 amide bonds. The minimum absolute atomic E-state index is 0.489. The molecule has 0 fully saturated rings. The monoisotopic (exact) mass is 158 g/mol. The van der Waals surface area contributed by atoms with E-state index in [0.29, 0.717) is 0 Å². The normalized spacial score (nSPS) is 14.4. The van der Waals surface area contributed by atoms with E-state index in [2.05, 4.69) is 0 Å². The zero-order chi connectivity index (χ0) is 9.07. The highest BCUT2D eigenvalue weighted by molar-refractivity contribution is 5.03. The predicted molar refractivity (Wildman–Crippen MR) is 46.5 cm³/mol. The Kier molecular flexibility index (Phi) is 3.76. The van der Waals surface area contributed by atoms with Gasteiger partial charge in [0.1, 0.15) is 6.10 Å². The molecule has 2 heteroatoms. The first-order chi connectivity index (χ1) is 4.90. The van der Waals surface area contributed by atoms with Gasteiger partial charge in [0.2, 0.25) is 0 Å². The van der Waals surface area contributed by atoms with Crippen molar-refractivity contribution in [3.63, 3.8) is 0 Å². The first-order valence-corrected chi connectivity index (χ1v) is 3.78. The van der Waals surface area contributed by atoms with Crippen LogP contribution in [0, 0.1) is 0 Å². The van der Waals surface area contributed by atoms with Gasteiger partial charge in [-0.2, -0.15) is 0 Å². The van der Waals surface area contributed by atoms with Crippen molar-refractivity contribution in [1.29, 1.82) is 0 Å². The largest absolute Gasteiger partial charge is 0.386 e. The number of aliphatic hydroxyl groups is 1. The summed E-state index contributed by atoms with van der Waals surface area (Å²) in [6, 6.07) is 0. The molecule has 0 saturated heterocycles. The van der Waals surface area contributed by atoms with Gasteiger partial charge in [0, 0.05) is 7.11 Å². The Bertz CT molecular complexity index is 144. The summed E-state index contributed by atoms with van der Waals surface area (Å²) < 4.78 is 5.11. The van der Waals surface area contributed by atoms with E-state index < -0.39 is 11.7 Å². The molecule has 1 atom stereocenters. The Morgan fingerprint density at radius 3 is 2.18 bits per heavy atom. The molecule has 0 radical (unpaired) electrons. The van der Waals surface area contributed by atoms with E-state index in [0.717, 1.165) is 5.57 Å². The lowest BCUT2D eigenvalue weighted by Crippen LogP contribution is -2.36. The highest BCUT2D eigenvalue weighted by atomic mass is 16.5. The molecular formula is C9H18O2. The van der Waals surface area contributed by atoms with Crippen molar-refractivity contribution in [3.05, 3.63) is 11.6 Å². The number of allylic oxidation sites excluding steroid dienone is 1. The summed E-state index contributed by atoms with van der Waals surface area (Å²) >= 11 is 0. The summed E-state index contributed by atoms with van der Waals surface area (Å²) in [6.07, 6.45) is 1.27. The Morgan fingerprint density at radius 2 is 1.91 bits per heavy atom. The van der Waals surface area contributed by atoms with Crippen LogP contribution in [0.25, 0.3) is 0 Å². The predicted octanol–water partition coefficient (Wildman–Crippen LogP) is 1.74. The zero-order valence-corrected chi connectivity index (χ0v) is 8.01. The minimum Gasteiger partial charge on any atom is -0.386 e. The third-order valence-corrected chi connectivity index (χ3v) is 1.73. The molecule has 0 spiro atoms. The van der Waals surface area contributed by atoms with E-state index in [4.69, 9.17) is 4.74 Å². The highest BCUT2D eigenvalue weighted by Gasteiger charge is 2.24. The summed E-state index contributed by atoms with van der Waals surface area (Å²) in [5.74, 6) is 0. The standard InChI is InChI=1S/C9H18O2/c1-7(2)6-8(10)9(3,4)11-5/h6,8,10H,1-5H3. The fourth-order valence-electron chi connectivity index (χ4n) is 0.637. The Morgan fingerprint density at radius 1 is 1.45 bits per heavy atom. The summed E-state index contributed by atoms with van der Waals surface area (Å²) in [4.78, 5) is 0. The summed E-state index contributed by atoms with van der Waals surface area (Å²) in [6.45, 7) is 7.62. The maximum absolute atomic E-state index is 9.55. The van der Waals surface area contributed by atoms with E-state index in [1.807, 2.05) is 27.7 Å². The molecule has 0 bridgehead atoms. The van der Waals surface area contributed by atoms with Gasteiger partial charge in [-0.1, -0.05) is 11.6 Å². The zero-order valence-electron chi connectivity index (χ0n) is 8.01. The van der Waals surface area contributed by atoms with Gasteiger partial charge in [-0.3, -0.25) is 0 Å². The summed E-state index contributed by atoms with van der Waals surface area (Å²) in [5.41, 5.74) is 0.611. The smallest absolute Gasteiger partial charge is 0.101 e. The van der Waals surface area contributed by atoms with Crippen LogP contribution in [0.1, 0.15) is 27.7 Å². The fourth-order valence-corrected chi connectivity index (χ4v) is 0.637. The first kappa shape index (κ1) is 10.7. The molecular weight excluding hydrogens is 140 g/mol. The average Bonchev–Trinajstić information content (AvgIpc) is 1.86. The second-order valence-electron chi connectivity index (χ2n) is 3.50. The van der Waals surface area contributed by atoms with E-state index in [-0.39, 0.29) is 0 Å². The average molecular weight is 158 g/mol. The van der Waals surface area contributed by atoms with Gasteiger partial charge in [0.25, 0.3) is 0 Å². The quantitative estimate of drug-likeness (QED) is 0.634. The van der Waals surface area contributed by atoms with Crippen LogP contribution in [0.4, 0.5) is 0 Å². The van der Waals surface area contributed by atoms with Crippen LogP contribution in [0.5, 0.6) is 0 Å². The van der Waals surface area contributed by atoms with Crippen LogP contribution >= 0.6 is 0 Å². The van der Waals surface area contributed by atoms with Crippen molar-refractivity contribution in [2.75, 3.05) is 7.11 Å². The molecule has 0 aliphatic rings. The van der Waals surface area contributed by atoms with Gasteiger partial charge in [-0.25, -0.2) is 0 Å². The fraction of sp³-hybridized carbons (Fsp3) is 0.778. The summed E-state index contributed by atoms with van der Waals surface area (Å²) in [5, 5.41) is 9.55. The van der Waals surface area contributed by atoms with Crippen LogP contribution in [-0.2, 0) is 4.74 Å². The highest BCUT2D eigenvalue weighted by Crippen LogP contribution is 2.15. The molecule has 2 nitrogen and oxygen atoms in total. The lowest BCUT2D eigenvalue weighted by atomic mass is 10.00. The van der Waals surface area contributed by atoms with Gasteiger partial charge in [-0.05, 0) is 27.7 Å². The Balaban J connectivity index is 4.24. The van der Waals surface area contributed by atoms with Crippen molar-refractivity contribution < 1.29 is 9.84 Å². The number of rotatable bonds is 3. The van der Waals surface area contributed by atoms with Crippen LogP contribution < -0.4 is 0 Å². The van der Waals surface area contributed by atoms with Crippen molar-refractivity contribution in [3.8, 4) is 0 Å². The second kappa shape index (κ2) is 3.88. The molecule has 0 aromatic heterocycles. The number of methoxy groups -OCH3 is 1. The van der Waals surface area contributed by atoms with Crippen LogP contribution in [0.3, 0.4) is 0 Å². The molecule has 11 heavy (non-hydrogen) atoms. The lowest BCUT2D eigenvalue weighted by Gasteiger charge is -2.27. The number of aliphatic hydroxyl groups excluding tert-OH is 1. The number of hydrogen-bond acceptors (Lipinski definition) is 2. The first-order valence-electron chi connectivity index (χ1n) is 3.78. The van der Waals surface area contributed by atoms with E-state index >= 15 is 0 Å². The molecule has 66 valence electrons. The van der Waals surface area contributed by atoms with Gasteiger partial charge in [0.05, 0.1) is 5.60 Å². The van der Waals surface area contributed by atoms with Crippen molar-refractivity contribution in [1.82, 2.24) is 0 Å². The van der Waals surface area contributed by atoms with E-state index in [9.17, 15) is 5.11 Å². The molecule has 0 aliphatic carbocycles. The van der Waals surface area contributed by atoms with Crippen molar-refractivity contribution in [2.45, 2.75) is 39.4 Å². The molecule has 0 aromatic carbocycles. The second-order valence-corrected chi connectivity index (χ2v) is 3.50. The van der Waals surface area contributed by atoms with Crippen LogP contribution in [-0.4, -0.2) is 23.9 Å². The molecule has 0 heterocycles. The number of ether oxygens (including phenoxy) is 1. The maximum Gasteiger partial charge on any atom is 0.101 e. The Hall–Kier alpha value is -0.340. The van der Waals surface area contributed by atoms with Crippen molar-refractivity contribution in [2.24, 2.45) is 0 Å². The van der Waals surface area contributed by atoms with Gasteiger partial charge >= 0.3 is 0 Å². The number of hydrogen-bond donors (Lipinski definition) is 1. The molecule has 0 aromatic rings. The maximum atomic E-state index is 9.55. The van der Waals surface area contributed by atoms with E-state index in [1.54, 1.807) is 13.2 Å². The molecule has 1 N–H and O–H groups in total. The Labute approximate surface area is 68.9 Å². The van der Waals surface area contributed by atoms with Crippen LogP contribution in [0.15, 0.2) is 11.6 Å². The van der Waals surface area contributed by atoms with Crippen molar-refractivity contribution >= 4 is 0 Å².